The summed E-state index contributed by atoms with van der Waals surface area (Å²) in [5, 5.41) is 9.70. The molecule has 0 amide bonds. The first-order valence-electron chi connectivity index (χ1n) is 10.5. The zero-order chi connectivity index (χ0) is 17.8. The Balaban J connectivity index is 1.67. The number of hydrogen-bond donors (Lipinski definition) is 2. The van der Waals surface area contributed by atoms with Crippen LogP contribution in [0.1, 0.15) is 58.3 Å². The molecule has 0 saturated heterocycles. The number of hydrogen-bond acceptors (Lipinski definition) is 3. The number of fused-ring (bicyclic) bond motifs is 3. The van der Waals surface area contributed by atoms with Gasteiger partial charge in [0.25, 0.3) is 0 Å². The highest BCUT2D eigenvalue weighted by molar-refractivity contribution is 5.61. The predicted octanol–water partition coefficient (Wildman–Crippen LogP) is 3.56. The van der Waals surface area contributed by atoms with Crippen LogP contribution >= 0.6 is 0 Å². The Morgan fingerprint density at radius 1 is 1.32 bits per heavy atom. The van der Waals surface area contributed by atoms with Gasteiger partial charge in [-0.25, -0.2) is 0 Å². The second-order valence-electron chi connectivity index (χ2n) is 9.75. The lowest BCUT2D eigenvalue weighted by Gasteiger charge is -2.39. The van der Waals surface area contributed by atoms with Gasteiger partial charge in [0.1, 0.15) is 6.29 Å². The molecule has 0 unspecified atom stereocenters. The standard InChI is InChI=1S/C22H35NO2/c1-13-8-17-14(2)6-7-19-21(18(17)9-13)22(19,20(23)12-25)16-5-3-4-15(10-16)11-24/h12-13,15-21,24H,2-11,23H2,1H3/t13-,15-,16-,17+,18+,19+,20+,21-,22+/m0/s1. The molecule has 3 N–H and O–H groups in total. The van der Waals surface area contributed by atoms with Crippen molar-refractivity contribution < 1.29 is 9.90 Å². The number of aliphatic hydroxyl groups is 1. The van der Waals surface area contributed by atoms with E-state index in [-0.39, 0.29) is 18.1 Å². The molecule has 4 saturated carbocycles. The average molecular weight is 346 g/mol. The minimum Gasteiger partial charge on any atom is -0.396 e. The van der Waals surface area contributed by atoms with E-state index in [1.807, 2.05) is 0 Å². The molecular weight excluding hydrogens is 310 g/mol. The molecule has 0 aromatic rings. The first-order valence-corrected chi connectivity index (χ1v) is 10.5. The molecule has 3 nitrogen and oxygen atoms in total. The van der Waals surface area contributed by atoms with Crippen molar-refractivity contribution in [3.8, 4) is 0 Å². The Kier molecular flexibility index (Phi) is 4.60. The molecule has 3 heteroatoms. The van der Waals surface area contributed by atoms with Gasteiger partial charge in [-0.3, -0.25) is 0 Å². The first-order chi connectivity index (χ1) is 12.0. The Bertz CT molecular complexity index is 546. The zero-order valence-corrected chi connectivity index (χ0v) is 15.7. The van der Waals surface area contributed by atoms with Gasteiger partial charge < -0.3 is 15.6 Å². The third-order valence-electron chi connectivity index (χ3n) is 8.63. The van der Waals surface area contributed by atoms with Gasteiger partial charge in [0.05, 0.1) is 6.04 Å². The van der Waals surface area contributed by atoms with Crippen molar-refractivity contribution in [2.45, 2.75) is 64.3 Å². The molecule has 0 aromatic heterocycles. The smallest absolute Gasteiger partial charge is 0.137 e. The topological polar surface area (TPSA) is 63.3 Å². The van der Waals surface area contributed by atoms with Crippen LogP contribution in [0.4, 0.5) is 0 Å². The first kappa shape index (κ1) is 17.7. The van der Waals surface area contributed by atoms with Gasteiger partial charge in [0.15, 0.2) is 0 Å². The van der Waals surface area contributed by atoms with Crippen LogP contribution in [0.5, 0.6) is 0 Å². The molecule has 0 spiro atoms. The Hall–Kier alpha value is -0.670. The third-order valence-corrected chi connectivity index (χ3v) is 8.63. The highest BCUT2D eigenvalue weighted by Gasteiger charge is 2.73. The van der Waals surface area contributed by atoms with Crippen molar-refractivity contribution in [1.29, 1.82) is 0 Å². The Labute approximate surface area is 152 Å². The predicted molar refractivity (Wildman–Crippen MR) is 99.7 cm³/mol. The number of aliphatic hydroxyl groups excluding tert-OH is 1. The highest BCUT2D eigenvalue weighted by atomic mass is 16.3. The normalized spacial score (nSPS) is 50.5. The van der Waals surface area contributed by atoms with E-state index in [2.05, 4.69) is 13.5 Å². The lowest BCUT2D eigenvalue weighted by molar-refractivity contribution is -0.111. The summed E-state index contributed by atoms with van der Waals surface area (Å²) in [6, 6.07) is -0.326. The molecule has 4 aliphatic carbocycles. The zero-order valence-electron chi connectivity index (χ0n) is 15.7. The number of nitrogens with two attached hydrogens (primary N) is 1. The molecule has 0 bridgehead atoms. The van der Waals surface area contributed by atoms with Crippen LogP contribution in [-0.2, 0) is 4.79 Å². The van der Waals surface area contributed by atoms with Crippen molar-refractivity contribution >= 4 is 6.29 Å². The van der Waals surface area contributed by atoms with Gasteiger partial charge in [0, 0.05) is 12.0 Å². The van der Waals surface area contributed by atoms with Crippen LogP contribution in [0.2, 0.25) is 0 Å². The van der Waals surface area contributed by atoms with E-state index in [4.69, 9.17) is 5.73 Å². The van der Waals surface area contributed by atoms with Gasteiger partial charge in [-0.05, 0) is 86.4 Å². The maximum absolute atomic E-state index is 11.8. The van der Waals surface area contributed by atoms with Gasteiger partial charge in [0.2, 0.25) is 0 Å². The fourth-order valence-corrected chi connectivity index (χ4v) is 7.71. The third kappa shape index (κ3) is 2.56. The minimum atomic E-state index is -0.326. The van der Waals surface area contributed by atoms with E-state index in [0.29, 0.717) is 35.5 Å². The second-order valence-corrected chi connectivity index (χ2v) is 9.75. The second kappa shape index (κ2) is 6.49. The maximum atomic E-state index is 11.8. The van der Waals surface area contributed by atoms with Crippen molar-refractivity contribution in [3.63, 3.8) is 0 Å². The molecule has 9 atom stereocenters. The summed E-state index contributed by atoms with van der Waals surface area (Å²) in [7, 11) is 0. The van der Waals surface area contributed by atoms with Gasteiger partial charge in [-0.1, -0.05) is 25.5 Å². The molecule has 0 aliphatic heterocycles. The molecular formula is C22H35NO2. The van der Waals surface area contributed by atoms with Gasteiger partial charge in [-0.15, -0.1) is 0 Å². The van der Waals surface area contributed by atoms with Crippen molar-refractivity contribution in [2.75, 3.05) is 6.61 Å². The largest absolute Gasteiger partial charge is 0.396 e. The summed E-state index contributed by atoms with van der Waals surface area (Å²) in [6.07, 6.45) is 10.5. The van der Waals surface area contributed by atoms with Gasteiger partial charge >= 0.3 is 0 Å². The Morgan fingerprint density at radius 3 is 2.84 bits per heavy atom. The summed E-state index contributed by atoms with van der Waals surface area (Å²) >= 11 is 0. The lowest BCUT2D eigenvalue weighted by atomic mass is 9.66. The molecule has 0 aromatic carbocycles. The monoisotopic (exact) mass is 345 g/mol. The van der Waals surface area contributed by atoms with E-state index in [0.717, 1.165) is 31.5 Å². The number of allylic oxidation sites excluding steroid dienone is 1. The number of carbonyl (C=O) groups excluding carboxylic acids is 1. The van der Waals surface area contributed by atoms with Crippen molar-refractivity contribution in [1.82, 2.24) is 0 Å². The number of carbonyl (C=O) groups is 1. The molecule has 140 valence electrons. The SMILES string of the molecule is C=C1CC[C@@H]2[C@H]([C@@H]3C[C@@H](C)C[C@H]13)[C@@]2([C@H]1CCC[C@H](CO)C1)[C@H](N)C=O. The average Bonchev–Trinajstić information content (AvgIpc) is 3.19. The van der Waals surface area contributed by atoms with Crippen LogP contribution in [0.3, 0.4) is 0 Å². The van der Waals surface area contributed by atoms with Crippen molar-refractivity contribution in [2.24, 2.45) is 52.6 Å². The lowest BCUT2D eigenvalue weighted by Crippen LogP contribution is -2.44. The molecule has 4 aliphatic rings. The van der Waals surface area contributed by atoms with E-state index in [1.165, 1.54) is 37.7 Å². The molecule has 0 heterocycles. The summed E-state index contributed by atoms with van der Waals surface area (Å²) in [5.74, 6) is 4.27. The number of aldehydes is 1. The quantitative estimate of drug-likeness (QED) is 0.605. The fourth-order valence-electron chi connectivity index (χ4n) is 7.71. The van der Waals surface area contributed by atoms with E-state index < -0.39 is 0 Å². The minimum absolute atomic E-state index is 0.0171. The Morgan fingerprint density at radius 2 is 2.12 bits per heavy atom. The van der Waals surface area contributed by atoms with Crippen LogP contribution in [0, 0.1) is 46.8 Å². The van der Waals surface area contributed by atoms with Crippen molar-refractivity contribution in [3.05, 3.63) is 12.2 Å². The number of rotatable bonds is 4. The van der Waals surface area contributed by atoms with Crippen LogP contribution in [-0.4, -0.2) is 24.0 Å². The summed E-state index contributed by atoms with van der Waals surface area (Å²) in [5.41, 5.74) is 8.02. The fraction of sp³-hybridized carbons (Fsp3) is 0.864. The van der Waals surface area contributed by atoms with E-state index >= 15 is 0 Å². The van der Waals surface area contributed by atoms with Crippen LogP contribution in [0.25, 0.3) is 0 Å². The van der Waals surface area contributed by atoms with Gasteiger partial charge in [-0.2, -0.15) is 0 Å². The summed E-state index contributed by atoms with van der Waals surface area (Å²) in [6.45, 7) is 7.09. The maximum Gasteiger partial charge on any atom is 0.137 e. The molecule has 25 heavy (non-hydrogen) atoms. The highest BCUT2D eigenvalue weighted by Crippen LogP contribution is 2.75. The van der Waals surface area contributed by atoms with Crippen LogP contribution in [0.15, 0.2) is 12.2 Å². The molecule has 4 rings (SSSR count). The van der Waals surface area contributed by atoms with E-state index in [9.17, 15) is 9.90 Å². The summed E-state index contributed by atoms with van der Waals surface area (Å²) < 4.78 is 0. The van der Waals surface area contributed by atoms with E-state index in [1.54, 1.807) is 0 Å². The molecule has 0 radical (unpaired) electrons. The summed E-state index contributed by atoms with van der Waals surface area (Å²) in [4.78, 5) is 11.8. The van der Waals surface area contributed by atoms with Crippen LogP contribution < -0.4 is 5.73 Å². The molecule has 4 fully saturated rings.